The molecule has 1 aliphatic rings. The molecule has 1 saturated heterocycles. The topological polar surface area (TPSA) is 80.0 Å². The van der Waals surface area contributed by atoms with E-state index in [0.717, 1.165) is 29.8 Å². The van der Waals surface area contributed by atoms with Crippen LogP contribution >= 0.6 is 24.0 Å². The number of methoxy groups -OCH3 is 1. The molecule has 7 heteroatoms. The second-order valence-corrected chi connectivity index (χ2v) is 6.21. The molecule has 0 saturated carbocycles. The second kappa shape index (κ2) is 10.1. The first kappa shape index (κ1) is 21.0. The Morgan fingerprint density at radius 1 is 1.19 bits per heavy atom. The van der Waals surface area contributed by atoms with Gasteiger partial charge in [-0.25, -0.2) is 4.99 Å². The molecule has 3 N–H and O–H groups in total. The van der Waals surface area contributed by atoms with Crippen molar-refractivity contribution < 1.29 is 9.53 Å². The van der Waals surface area contributed by atoms with Crippen molar-refractivity contribution in [2.75, 3.05) is 19.0 Å². The number of likely N-dealkylation sites (tertiary alicyclic amines) is 1. The SMILES string of the molecule is COc1ccccc1NC(N)=NCc1ccccc1CN1CCCC1=O.I. The van der Waals surface area contributed by atoms with Crippen LogP contribution in [-0.2, 0) is 17.9 Å². The molecule has 0 aliphatic carbocycles. The minimum atomic E-state index is 0. The molecule has 0 bridgehead atoms. The summed E-state index contributed by atoms with van der Waals surface area (Å²) in [4.78, 5) is 18.2. The minimum absolute atomic E-state index is 0. The van der Waals surface area contributed by atoms with Crippen LogP contribution in [0.15, 0.2) is 53.5 Å². The van der Waals surface area contributed by atoms with Gasteiger partial charge in [0, 0.05) is 19.5 Å². The van der Waals surface area contributed by atoms with Crippen molar-refractivity contribution in [2.45, 2.75) is 25.9 Å². The Balaban J connectivity index is 0.00000261. The number of anilines is 1. The lowest BCUT2D eigenvalue weighted by Gasteiger charge is -2.17. The molecule has 0 unspecified atom stereocenters. The van der Waals surface area contributed by atoms with Crippen LogP contribution in [0, 0.1) is 0 Å². The van der Waals surface area contributed by atoms with Gasteiger partial charge in [0.05, 0.1) is 19.3 Å². The third-order valence-corrected chi connectivity index (χ3v) is 4.44. The normalized spacial score (nSPS) is 14.0. The molecule has 0 atom stereocenters. The number of hydrogen-bond acceptors (Lipinski definition) is 3. The van der Waals surface area contributed by atoms with Crippen molar-refractivity contribution in [1.29, 1.82) is 0 Å². The Hall–Kier alpha value is -2.29. The summed E-state index contributed by atoms with van der Waals surface area (Å²) in [5.41, 5.74) is 8.98. The van der Waals surface area contributed by atoms with Crippen LogP contribution in [0.3, 0.4) is 0 Å². The number of nitrogens with one attached hydrogen (secondary N) is 1. The van der Waals surface area contributed by atoms with Gasteiger partial charge in [-0.1, -0.05) is 36.4 Å². The predicted octanol–water partition coefficient (Wildman–Crippen LogP) is 3.36. The third-order valence-electron chi connectivity index (χ3n) is 4.44. The van der Waals surface area contributed by atoms with Gasteiger partial charge in [-0.2, -0.15) is 0 Å². The van der Waals surface area contributed by atoms with Crippen molar-refractivity contribution in [2.24, 2.45) is 10.7 Å². The maximum absolute atomic E-state index is 11.9. The number of hydrogen-bond donors (Lipinski definition) is 2. The first-order valence-electron chi connectivity index (χ1n) is 8.72. The number of nitrogens with zero attached hydrogens (tertiary/aromatic N) is 2. The lowest BCUT2D eigenvalue weighted by Crippen LogP contribution is -2.25. The van der Waals surface area contributed by atoms with Crippen LogP contribution < -0.4 is 15.8 Å². The molecule has 0 aromatic heterocycles. The molecule has 1 aliphatic heterocycles. The number of para-hydroxylation sites is 2. The van der Waals surface area contributed by atoms with E-state index in [1.54, 1.807) is 7.11 Å². The molecule has 1 fully saturated rings. The molecule has 6 nitrogen and oxygen atoms in total. The van der Waals surface area contributed by atoms with Gasteiger partial charge in [0.2, 0.25) is 5.91 Å². The third kappa shape index (κ3) is 5.59. The molecule has 1 heterocycles. The summed E-state index contributed by atoms with van der Waals surface area (Å²) in [6, 6.07) is 15.6. The maximum Gasteiger partial charge on any atom is 0.222 e. The fourth-order valence-corrected chi connectivity index (χ4v) is 3.04. The molecule has 2 aromatic rings. The largest absolute Gasteiger partial charge is 0.495 e. The van der Waals surface area contributed by atoms with Gasteiger partial charge in [0.25, 0.3) is 0 Å². The highest BCUT2D eigenvalue weighted by Crippen LogP contribution is 2.23. The van der Waals surface area contributed by atoms with E-state index in [-0.39, 0.29) is 29.9 Å². The van der Waals surface area contributed by atoms with Crippen LogP contribution in [0.25, 0.3) is 0 Å². The number of aliphatic imine (C=N–C) groups is 1. The Kier molecular flexibility index (Phi) is 7.90. The summed E-state index contributed by atoms with van der Waals surface area (Å²) >= 11 is 0. The van der Waals surface area contributed by atoms with Crippen LogP contribution in [0.2, 0.25) is 0 Å². The summed E-state index contributed by atoms with van der Waals surface area (Å²) in [7, 11) is 1.61. The van der Waals surface area contributed by atoms with Gasteiger partial charge >= 0.3 is 0 Å². The summed E-state index contributed by atoms with van der Waals surface area (Å²) in [5.74, 6) is 1.25. The van der Waals surface area contributed by atoms with E-state index in [1.807, 2.05) is 53.4 Å². The standard InChI is InChI=1S/C20H24N4O2.HI/c1-26-18-10-5-4-9-17(18)23-20(21)22-13-15-7-2-3-8-16(15)14-24-12-6-11-19(24)25;/h2-5,7-10H,6,11-14H2,1H3,(H3,21,22,23);1H. The number of nitrogens with two attached hydrogens (primary N) is 1. The predicted molar refractivity (Wildman–Crippen MR) is 118 cm³/mol. The van der Waals surface area contributed by atoms with Gasteiger partial charge in [-0.05, 0) is 29.7 Å². The zero-order valence-corrected chi connectivity index (χ0v) is 17.7. The van der Waals surface area contributed by atoms with Crippen molar-refractivity contribution >= 4 is 41.5 Å². The van der Waals surface area contributed by atoms with Crippen molar-refractivity contribution in [3.05, 3.63) is 59.7 Å². The molecule has 144 valence electrons. The molecular weight excluding hydrogens is 455 g/mol. The van der Waals surface area contributed by atoms with Crippen LogP contribution in [-0.4, -0.2) is 30.4 Å². The molecule has 0 spiro atoms. The van der Waals surface area contributed by atoms with Crippen LogP contribution in [0.4, 0.5) is 5.69 Å². The quantitative estimate of drug-likeness (QED) is 0.378. The Bertz CT molecular complexity index is 810. The number of carbonyl (C=O) groups is 1. The fraction of sp³-hybridized carbons (Fsp3) is 0.300. The monoisotopic (exact) mass is 480 g/mol. The Labute approximate surface area is 176 Å². The molecule has 1 amide bonds. The van der Waals surface area contributed by atoms with E-state index in [2.05, 4.69) is 10.3 Å². The molecular formula is C20H25IN4O2. The van der Waals surface area contributed by atoms with Crippen LogP contribution in [0.1, 0.15) is 24.0 Å². The van der Waals surface area contributed by atoms with Gasteiger partial charge in [0.1, 0.15) is 5.75 Å². The average Bonchev–Trinajstić information content (AvgIpc) is 3.06. The summed E-state index contributed by atoms with van der Waals surface area (Å²) in [6.45, 7) is 1.91. The van der Waals surface area contributed by atoms with E-state index < -0.39 is 0 Å². The highest BCUT2D eigenvalue weighted by Gasteiger charge is 2.20. The minimum Gasteiger partial charge on any atom is -0.495 e. The maximum atomic E-state index is 11.9. The van der Waals surface area contributed by atoms with E-state index in [9.17, 15) is 4.79 Å². The number of halogens is 1. The summed E-state index contributed by atoms with van der Waals surface area (Å²) in [5, 5.41) is 3.07. The highest BCUT2D eigenvalue weighted by atomic mass is 127. The number of amides is 1. The average molecular weight is 480 g/mol. The van der Waals surface area contributed by atoms with Gasteiger partial charge < -0.3 is 20.7 Å². The first-order valence-corrected chi connectivity index (χ1v) is 8.72. The van der Waals surface area contributed by atoms with Crippen molar-refractivity contribution in [3.8, 4) is 5.75 Å². The zero-order chi connectivity index (χ0) is 18.4. The lowest BCUT2D eigenvalue weighted by molar-refractivity contribution is -0.128. The molecule has 3 rings (SSSR count). The Morgan fingerprint density at radius 2 is 1.89 bits per heavy atom. The highest BCUT2D eigenvalue weighted by molar-refractivity contribution is 14.0. The number of rotatable bonds is 6. The summed E-state index contributed by atoms with van der Waals surface area (Å²) < 4.78 is 5.30. The first-order chi connectivity index (χ1) is 12.7. The van der Waals surface area contributed by atoms with Crippen molar-refractivity contribution in [3.63, 3.8) is 0 Å². The molecule has 2 aromatic carbocycles. The summed E-state index contributed by atoms with van der Waals surface area (Å²) in [6.07, 6.45) is 1.59. The van der Waals surface area contributed by atoms with Crippen LogP contribution in [0.5, 0.6) is 5.75 Å². The fourth-order valence-electron chi connectivity index (χ4n) is 3.04. The lowest BCUT2D eigenvalue weighted by atomic mass is 10.1. The number of guanidine groups is 1. The second-order valence-electron chi connectivity index (χ2n) is 6.21. The smallest absolute Gasteiger partial charge is 0.222 e. The Morgan fingerprint density at radius 3 is 2.59 bits per heavy atom. The van der Waals surface area contributed by atoms with Crippen molar-refractivity contribution in [1.82, 2.24) is 4.90 Å². The number of carbonyl (C=O) groups excluding carboxylic acids is 1. The van der Waals surface area contributed by atoms with Gasteiger partial charge in [-0.15, -0.1) is 24.0 Å². The van der Waals surface area contributed by atoms with E-state index in [4.69, 9.17) is 10.5 Å². The van der Waals surface area contributed by atoms with Gasteiger partial charge in [0.15, 0.2) is 5.96 Å². The molecule has 27 heavy (non-hydrogen) atoms. The number of ether oxygens (including phenoxy) is 1. The van der Waals surface area contributed by atoms with E-state index in [0.29, 0.717) is 31.2 Å². The van der Waals surface area contributed by atoms with E-state index >= 15 is 0 Å². The van der Waals surface area contributed by atoms with Gasteiger partial charge in [-0.3, -0.25) is 4.79 Å². The molecule has 0 radical (unpaired) electrons. The number of benzene rings is 2. The van der Waals surface area contributed by atoms with E-state index in [1.165, 1.54) is 0 Å². The zero-order valence-electron chi connectivity index (χ0n) is 15.4.